The summed E-state index contributed by atoms with van der Waals surface area (Å²) in [5.41, 5.74) is 2.82. The molecule has 0 fully saturated rings. The largest absolute Gasteiger partial charge is 0.445 e. The number of imidazole rings is 1. The fraction of sp³-hybridized carbons (Fsp3) is 0.120. The van der Waals surface area contributed by atoms with Crippen molar-refractivity contribution >= 4 is 47.0 Å². The summed E-state index contributed by atoms with van der Waals surface area (Å²) in [6, 6.07) is 11.7. The summed E-state index contributed by atoms with van der Waals surface area (Å²) in [5, 5.41) is 17.6. The number of nitrogens with one attached hydrogen (secondary N) is 3. The summed E-state index contributed by atoms with van der Waals surface area (Å²) in [6.45, 7) is 0.0621. The molecule has 0 saturated carbocycles. The van der Waals surface area contributed by atoms with Crippen molar-refractivity contribution in [1.29, 1.82) is 0 Å². The van der Waals surface area contributed by atoms with Crippen LogP contribution >= 0.6 is 23.2 Å². The van der Waals surface area contributed by atoms with Crippen molar-refractivity contribution in [2.75, 3.05) is 11.9 Å². The number of carbonyl (C=O) groups excluding carboxylic acids is 2. The summed E-state index contributed by atoms with van der Waals surface area (Å²) in [6.07, 6.45) is 7.69. The van der Waals surface area contributed by atoms with Crippen molar-refractivity contribution in [3.63, 3.8) is 0 Å². The smallest absolute Gasteiger partial charge is 0.411 e. The molecule has 3 N–H and O–H groups in total. The lowest BCUT2D eigenvalue weighted by Gasteiger charge is -2.14. The average molecular weight is 551 g/mol. The molecule has 13 heteroatoms. The molecule has 2 bridgehead atoms. The zero-order valence-corrected chi connectivity index (χ0v) is 21.1. The van der Waals surface area contributed by atoms with Crippen LogP contribution in [0.1, 0.15) is 23.9 Å². The normalized spacial score (nSPS) is 16.4. The van der Waals surface area contributed by atoms with Crippen molar-refractivity contribution in [1.82, 2.24) is 35.5 Å². The number of amides is 2. The number of benzene rings is 2. The number of aromatic amines is 1. The fourth-order valence-electron chi connectivity index (χ4n) is 3.84. The maximum Gasteiger partial charge on any atom is 0.411 e. The van der Waals surface area contributed by atoms with Gasteiger partial charge in [-0.25, -0.2) is 9.78 Å². The van der Waals surface area contributed by atoms with Crippen LogP contribution in [0.3, 0.4) is 0 Å². The van der Waals surface area contributed by atoms with E-state index < -0.39 is 12.1 Å². The number of para-hydroxylation sites is 1. The molecule has 1 aliphatic heterocycles. The van der Waals surface area contributed by atoms with Crippen LogP contribution in [-0.4, -0.2) is 48.8 Å². The highest BCUT2D eigenvalue weighted by Crippen LogP contribution is 2.33. The van der Waals surface area contributed by atoms with Crippen LogP contribution in [0, 0.1) is 0 Å². The van der Waals surface area contributed by atoms with Crippen LogP contribution in [0.15, 0.2) is 67.0 Å². The molecule has 38 heavy (non-hydrogen) atoms. The van der Waals surface area contributed by atoms with E-state index in [0.29, 0.717) is 45.5 Å². The van der Waals surface area contributed by atoms with E-state index >= 15 is 0 Å². The summed E-state index contributed by atoms with van der Waals surface area (Å²) < 4.78 is 6.68. The van der Waals surface area contributed by atoms with E-state index in [1.165, 1.54) is 17.1 Å². The number of H-pyrrole nitrogens is 1. The highest BCUT2D eigenvalue weighted by molar-refractivity contribution is 6.32. The third-order valence-corrected chi connectivity index (χ3v) is 6.10. The highest BCUT2D eigenvalue weighted by atomic mass is 35.5. The quantitative estimate of drug-likeness (QED) is 0.246. The molecule has 2 aromatic heterocycles. The van der Waals surface area contributed by atoms with Gasteiger partial charge in [0.05, 0.1) is 17.4 Å². The molecule has 2 aromatic carbocycles. The molecular formula is C25H20Cl2N8O3. The first-order valence-corrected chi connectivity index (χ1v) is 12.2. The van der Waals surface area contributed by atoms with Crippen LogP contribution in [0.5, 0.6) is 0 Å². The number of anilines is 1. The number of hydrogen-bond donors (Lipinski definition) is 3. The number of rotatable bonds is 4. The number of aromatic nitrogens is 6. The van der Waals surface area contributed by atoms with Crippen LogP contribution in [0.2, 0.25) is 10.2 Å². The minimum Gasteiger partial charge on any atom is -0.445 e. The second-order valence-electron chi connectivity index (χ2n) is 8.11. The lowest BCUT2D eigenvalue weighted by Crippen LogP contribution is -2.27. The van der Waals surface area contributed by atoms with Crippen molar-refractivity contribution in [2.45, 2.75) is 12.5 Å². The Morgan fingerprint density at radius 3 is 2.89 bits per heavy atom. The molecule has 5 rings (SSSR count). The fourth-order valence-corrected chi connectivity index (χ4v) is 4.27. The van der Waals surface area contributed by atoms with E-state index in [9.17, 15) is 9.59 Å². The summed E-state index contributed by atoms with van der Waals surface area (Å²) in [4.78, 5) is 32.9. The van der Waals surface area contributed by atoms with E-state index in [4.69, 9.17) is 27.9 Å². The van der Waals surface area contributed by atoms with Gasteiger partial charge in [0.1, 0.15) is 29.6 Å². The van der Waals surface area contributed by atoms with E-state index in [-0.39, 0.29) is 17.7 Å². The molecule has 0 radical (unpaired) electrons. The van der Waals surface area contributed by atoms with Crippen LogP contribution in [-0.2, 0) is 9.53 Å². The first-order valence-electron chi connectivity index (χ1n) is 11.4. The lowest BCUT2D eigenvalue weighted by atomic mass is 10.1. The Kier molecular flexibility index (Phi) is 7.47. The number of cyclic esters (lactones) is 1. The monoisotopic (exact) mass is 550 g/mol. The van der Waals surface area contributed by atoms with Crippen molar-refractivity contribution in [3.05, 3.63) is 88.6 Å². The zero-order valence-electron chi connectivity index (χ0n) is 19.6. The number of nitrogens with zero attached hydrogens (tertiary/aromatic N) is 5. The number of fused-ring (bicyclic) bond motifs is 4. The van der Waals surface area contributed by atoms with Gasteiger partial charge in [-0.2, -0.15) is 4.68 Å². The Bertz CT molecular complexity index is 1530. The molecule has 0 spiro atoms. The molecule has 1 aliphatic rings. The number of carbonyl (C=O) groups is 2. The van der Waals surface area contributed by atoms with Gasteiger partial charge in [-0.05, 0) is 47.2 Å². The van der Waals surface area contributed by atoms with E-state index in [1.807, 2.05) is 0 Å². The second kappa shape index (κ2) is 11.3. The molecule has 3 heterocycles. The van der Waals surface area contributed by atoms with E-state index in [1.54, 1.807) is 60.7 Å². The SMILES string of the molecule is O=C(/C=C/c1cc(Cl)ccc1-n1cnnn1)N[C@H]1C/C=C/COC(=O)Nc2ccccc2-c2nc1[nH]c2Cl. The van der Waals surface area contributed by atoms with Gasteiger partial charge in [-0.1, -0.05) is 53.6 Å². The Morgan fingerprint density at radius 1 is 1.18 bits per heavy atom. The molecule has 2 amide bonds. The first-order chi connectivity index (χ1) is 18.5. The molecule has 0 unspecified atom stereocenters. The third kappa shape index (κ3) is 5.74. The topological polar surface area (TPSA) is 140 Å². The van der Waals surface area contributed by atoms with Crippen molar-refractivity contribution < 1.29 is 14.3 Å². The van der Waals surface area contributed by atoms with Gasteiger partial charge in [-0.3, -0.25) is 10.1 Å². The summed E-state index contributed by atoms with van der Waals surface area (Å²) >= 11 is 12.7. The van der Waals surface area contributed by atoms with Gasteiger partial charge in [0.15, 0.2) is 0 Å². The van der Waals surface area contributed by atoms with Gasteiger partial charge >= 0.3 is 6.09 Å². The van der Waals surface area contributed by atoms with E-state index in [2.05, 4.69) is 36.1 Å². The first kappa shape index (κ1) is 25.2. The van der Waals surface area contributed by atoms with Crippen molar-refractivity contribution in [2.24, 2.45) is 0 Å². The molecule has 0 saturated heterocycles. The number of ether oxygens (including phenoxy) is 1. The zero-order chi connectivity index (χ0) is 26.5. The average Bonchev–Trinajstić information content (AvgIpc) is 3.57. The molecular weight excluding hydrogens is 531 g/mol. The van der Waals surface area contributed by atoms with Gasteiger partial charge in [-0.15, -0.1) is 5.10 Å². The summed E-state index contributed by atoms with van der Waals surface area (Å²) in [5.74, 6) is 0.0766. The molecule has 0 aliphatic carbocycles. The number of hydrogen-bond acceptors (Lipinski definition) is 7. The lowest BCUT2D eigenvalue weighted by molar-refractivity contribution is -0.117. The van der Waals surface area contributed by atoms with Crippen LogP contribution in [0.4, 0.5) is 10.5 Å². The highest BCUT2D eigenvalue weighted by Gasteiger charge is 2.22. The Balaban J connectivity index is 1.42. The van der Waals surface area contributed by atoms with Gasteiger partial charge in [0.25, 0.3) is 0 Å². The number of tetrazole rings is 1. The molecule has 4 aromatic rings. The maximum atomic E-state index is 13.0. The Morgan fingerprint density at radius 2 is 2.05 bits per heavy atom. The third-order valence-electron chi connectivity index (χ3n) is 5.59. The van der Waals surface area contributed by atoms with Gasteiger partial charge < -0.3 is 15.0 Å². The maximum absolute atomic E-state index is 13.0. The molecule has 1 atom stereocenters. The standard InChI is InChI=1S/C25H20Cl2N8O3/c26-16-9-10-20(35-14-28-33-34-35)15(13-16)8-11-21(36)29-19-7-3-4-12-38-25(37)30-18-6-2-1-5-17(18)22-23(27)32-24(19)31-22/h1-6,8-11,13-14,19H,7,12H2,(H,29,36)(H,30,37)(H,31,32)/b4-3+,11-8+/t19-/m0/s1. The van der Waals surface area contributed by atoms with Crippen LogP contribution < -0.4 is 10.6 Å². The van der Waals surface area contributed by atoms with Crippen molar-refractivity contribution in [3.8, 4) is 16.9 Å². The van der Waals surface area contributed by atoms with Gasteiger partial charge in [0.2, 0.25) is 5.91 Å². The molecule has 192 valence electrons. The Hall–Kier alpha value is -4.48. The minimum absolute atomic E-state index is 0.0621. The predicted molar refractivity (Wildman–Crippen MR) is 142 cm³/mol. The minimum atomic E-state index is -0.606. The number of halogens is 2. The molecule has 11 nitrogen and oxygen atoms in total. The van der Waals surface area contributed by atoms with E-state index in [0.717, 1.165) is 0 Å². The summed E-state index contributed by atoms with van der Waals surface area (Å²) in [7, 11) is 0. The van der Waals surface area contributed by atoms with Crippen LogP contribution in [0.25, 0.3) is 23.0 Å². The Labute approximate surface area is 226 Å². The second-order valence-corrected chi connectivity index (χ2v) is 8.93. The van der Waals surface area contributed by atoms with Gasteiger partial charge in [0, 0.05) is 22.2 Å². The predicted octanol–water partition coefficient (Wildman–Crippen LogP) is 4.74.